The van der Waals surface area contributed by atoms with Crippen LogP contribution >= 0.6 is 35.0 Å². The summed E-state index contributed by atoms with van der Waals surface area (Å²) in [6.07, 6.45) is 0. The maximum absolute atomic E-state index is 12.1. The molecule has 0 aliphatic rings. The first-order valence-electron chi connectivity index (χ1n) is 6.37. The number of thioether (sulfide) groups is 1. The smallest absolute Gasteiger partial charge is 0.315 e. The average Bonchev–Trinajstić information content (AvgIpc) is 2.43. The molecule has 0 fully saturated rings. The molecule has 0 bridgehead atoms. The summed E-state index contributed by atoms with van der Waals surface area (Å²) in [5, 5.41) is 2.11. The summed E-state index contributed by atoms with van der Waals surface area (Å²) >= 11 is 12.8. The minimum Gasteiger partial charge on any atom is -0.465 e. The molecule has 0 aliphatic carbocycles. The number of nitrogens with one attached hydrogen (secondary N) is 1. The van der Waals surface area contributed by atoms with Gasteiger partial charge >= 0.3 is 5.97 Å². The van der Waals surface area contributed by atoms with Gasteiger partial charge in [-0.2, -0.15) is 0 Å². The molecule has 1 N–H and O–H groups in total. The standard InChI is InChI=1S/C14H17Cl2NO3S/c1-3-20-11(18)8-21-14(12(15)16)17-13(19)10-6-4-9(2)5-7-10/h4-7,12,14H,3,8H2,1-2H3,(H,17,19)/t14-/m1/s1. The highest BCUT2D eigenvalue weighted by Crippen LogP contribution is 2.20. The van der Waals surface area contributed by atoms with Gasteiger partial charge in [0.05, 0.1) is 12.4 Å². The lowest BCUT2D eigenvalue weighted by atomic mass is 10.1. The van der Waals surface area contributed by atoms with Gasteiger partial charge in [0.1, 0.15) is 10.2 Å². The van der Waals surface area contributed by atoms with E-state index >= 15 is 0 Å². The molecule has 1 amide bonds. The monoisotopic (exact) mass is 349 g/mol. The molecule has 21 heavy (non-hydrogen) atoms. The predicted molar refractivity (Wildman–Crippen MR) is 87.0 cm³/mol. The molecule has 0 saturated carbocycles. The van der Waals surface area contributed by atoms with Crippen molar-refractivity contribution in [3.8, 4) is 0 Å². The van der Waals surface area contributed by atoms with Crippen molar-refractivity contribution >= 4 is 46.8 Å². The molecule has 7 heteroatoms. The van der Waals surface area contributed by atoms with Crippen molar-refractivity contribution in [1.82, 2.24) is 5.32 Å². The first-order chi connectivity index (χ1) is 9.93. The van der Waals surface area contributed by atoms with Gasteiger partial charge in [0.2, 0.25) is 0 Å². The van der Waals surface area contributed by atoms with Gasteiger partial charge in [-0.3, -0.25) is 9.59 Å². The average molecular weight is 350 g/mol. The van der Waals surface area contributed by atoms with Crippen LogP contribution in [-0.2, 0) is 9.53 Å². The highest BCUT2D eigenvalue weighted by atomic mass is 35.5. The molecule has 116 valence electrons. The van der Waals surface area contributed by atoms with Gasteiger partial charge < -0.3 is 10.1 Å². The number of hydrogen-bond donors (Lipinski definition) is 1. The van der Waals surface area contributed by atoms with Crippen LogP contribution in [0.4, 0.5) is 0 Å². The number of alkyl halides is 2. The van der Waals surface area contributed by atoms with E-state index in [1.165, 1.54) is 0 Å². The van der Waals surface area contributed by atoms with E-state index in [4.69, 9.17) is 27.9 Å². The number of rotatable bonds is 7. The Morgan fingerprint density at radius 3 is 2.43 bits per heavy atom. The third kappa shape index (κ3) is 6.59. The Labute approximate surface area is 138 Å². The Morgan fingerprint density at radius 2 is 1.90 bits per heavy atom. The van der Waals surface area contributed by atoms with Crippen LogP contribution in [0.1, 0.15) is 22.8 Å². The maximum Gasteiger partial charge on any atom is 0.315 e. The number of carbonyl (C=O) groups is 2. The van der Waals surface area contributed by atoms with Crippen LogP contribution in [0.5, 0.6) is 0 Å². The van der Waals surface area contributed by atoms with Gasteiger partial charge in [-0.25, -0.2) is 0 Å². The van der Waals surface area contributed by atoms with Gasteiger partial charge in [-0.05, 0) is 26.0 Å². The van der Waals surface area contributed by atoms with Crippen LogP contribution in [0.2, 0.25) is 0 Å². The molecule has 0 heterocycles. The third-order valence-corrected chi connectivity index (χ3v) is 4.46. The van der Waals surface area contributed by atoms with Crippen molar-refractivity contribution < 1.29 is 14.3 Å². The van der Waals surface area contributed by atoms with Crippen molar-refractivity contribution in [3.63, 3.8) is 0 Å². The number of amides is 1. The van der Waals surface area contributed by atoms with Crippen LogP contribution in [0.3, 0.4) is 0 Å². The Balaban J connectivity index is 2.59. The minimum absolute atomic E-state index is 0.0720. The Bertz CT molecular complexity index is 480. The molecule has 0 saturated heterocycles. The van der Waals surface area contributed by atoms with E-state index in [-0.39, 0.29) is 17.6 Å². The lowest BCUT2D eigenvalue weighted by Crippen LogP contribution is -2.37. The van der Waals surface area contributed by atoms with Crippen LogP contribution in [0.15, 0.2) is 24.3 Å². The second-order valence-corrected chi connectivity index (χ2v) is 6.50. The molecule has 1 atom stereocenters. The first kappa shape index (κ1) is 18.1. The third-order valence-electron chi connectivity index (χ3n) is 2.50. The molecule has 1 rings (SSSR count). The molecule has 1 aromatic carbocycles. The summed E-state index contributed by atoms with van der Waals surface area (Å²) in [6, 6.07) is 7.12. The van der Waals surface area contributed by atoms with E-state index in [1.807, 2.05) is 19.1 Å². The zero-order chi connectivity index (χ0) is 15.8. The summed E-state index contributed by atoms with van der Waals surface area (Å²) in [4.78, 5) is 22.6. The molecule has 0 radical (unpaired) electrons. The molecular formula is C14H17Cl2NO3S. The predicted octanol–water partition coefficient (Wildman–Crippen LogP) is 3.15. The zero-order valence-electron chi connectivity index (χ0n) is 11.8. The van der Waals surface area contributed by atoms with Crippen molar-refractivity contribution in [1.29, 1.82) is 0 Å². The topological polar surface area (TPSA) is 55.4 Å². The molecular weight excluding hydrogens is 333 g/mol. The van der Waals surface area contributed by atoms with Crippen molar-refractivity contribution in [2.45, 2.75) is 24.1 Å². The number of esters is 1. The molecule has 0 unspecified atom stereocenters. The summed E-state index contributed by atoms with van der Waals surface area (Å²) in [7, 11) is 0. The van der Waals surface area contributed by atoms with Crippen LogP contribution in [0, 0.1) is 6.92 Å². The lowest BCUT2D eigenvalue weighted by molar-refractivity contribution is -0.139. The summed E-state index contributed by atoms with van der Waals surface area (Å²) in [5.41, 5.74) is 1.57. The summed E-state index contributed by atoms with van der Waals surface area (Å²) < 4.78 is 4.82. The van der Waals surface area contributed by atoms with E-state index in [9.17, 15) is 9.59 Å². The quantitative estimate of drug-likeness (QED) is 0.466. The van der Waals surface area contributed by atoms with Gasteiger partial charge in [0, 0.05) is 5.56 Å². The van der Waals surface area contributed by atoms with E-state index < -0.39 is 10.2 Å². The second kappa shape index (κ2) is 9.18. The van der Waals surface area contributed by atoms with Crippen LogP contribution < -0.4 is 5.32 Å². The normalized spacial score (nSPS) is 12.0. The number of ether oxygens (including phenoxy) is 1. The molecule has 0 aromatic heterocycles. The Morgan fingerprint density at radius 1 is 1.29 bits per heavy atom. The largest absolute Gasteiger partial charge is 0.465 e. The van der Waals surface area contributed by atoms with Gasteiger partial charge in [-0.1, -0.05) is 17.7 Å². The molecule has 4 nitrogen and oxygen atoms in total. The number of aryl methyl sites for hydroxylation is 1. The Kier molecular flexibility index (Phi) is 7.93. The van der Waals surface area contributed by atoms with E-state index in [2.05, 4.69) is 5.32 Å². The second-order valence-electron chi connectivity index (χ2n) is 4.21. The van der Waals surface area contributed by atoms with Gasteiger partial charge in [0.15, 0.2) is 0 Å². The molecule has 1 aromatic rings. The van der Waals surface area contributed by atoms with Crippen molar-refractivity contribution in [3.05, 3.63) is 35.4 Å². The number of hydrogen-bond acceptors (Lipinski definition) is 4. The van der Waals surface area contributed by atoms with E-state index in [0.717, 1.165) is 17.3 Å². The fraction of sp³-hybridized carbons (Fsp3) is 0.429. The SMILES string of the molecule is CCOC(=O)CS[C@@H](NC(=O)c1ccc(C)cc1)C(Cl)Cl. The van der Waals surface area contributed by atoms with Crippen molar-refractivity contribution in [2.75, 3.05) is 12.4 Å². The zero-order valence-corrected chi connectivity index (χ0v) is 14.1. The lowest BCUT2D eigenvalue weighted by Gasteiger charge is -2.19. The summed E-state index contributed by atoms with van der Waals surface area (Å²) in [6.45, 7) is 3.98. The highest BCUT2D eigenvalue weighted by Gasteiger charge is 2.22. The van der Waals surface area contributed by atoms with E-state index in [1.54, 1.807) is 19.1 Å². The maximum atomic E-state index is 12.1. The van der Waals surface area contributed by atoms with Crippen LogP contribution in [0.25, 0.3) is 0 Å². The number of halogens is 2. The minimum atomic E-state index is -0.834. The summed E-state index contributed by atoms with van der Waals surface area (Å²) in [5.74, 6) is -0.587. The van der Waals surface area contributed by atoms with Gasteiger partial charge in [-0.15, -0.1) is 35.0 Å². The van der Waals surface area contributed by atoms with Gasteiger partial charge in [0.25, 0.3) is 5.91 Å². The number of carbonyl (C=O) groups excluding carboxylic acids is 2. The van der Waals surface area contributed by atoms with E-state index in [0.29, 0.717) is 12.2 Å². The fourth-order valence-corrected chi connectivity index (χ4v) is 2.75. The fourth-order valence-electron chi connectivity index (χ4n) is 1.46. The van der Waals surface area contributed by atoms with Crippen LogP contribution in [-0.4, -0.2) is 34.4 Å². The number of benzene rings is 1. The Hall–Kier alpha value is -0.910. The highest BCUT2D eigenvalue weighted by molar-refractivity contribution is 8.00. The molecule has 0 spiro atoms. The van der Waals surface area contributed by atoms with Crippen molar-refractivity contribution in [2.24, 2.45) is 0 Å². The molecule has 0 aliphatic heterocycles. The first-order valence-corrected chi connectivity index (χ1v) is 8.29.